The number of aromatic hydroxyl groups is 1. The van der Waals surface area contributed by atoms with Crippen molar-refractivity contribution < 1.29 is 5.11 Å². The summed E-state index contributed by atoms with van der Waals surface area (Å²) >= 11 is 0. The summed E-state index contributed by atoms with van der Waals surface area (Å²) in [6, 6.07) is 19.0. The fraction of sp³-hybridized carbons (Fsp3) is 0.391. The zero-order valence-electron chi connectivity index (χ0n) is 15.2. The van der Waals surface area contributed by atoms with E-state index in [0.29, 0.717) is 16.6 Å². The molecular formula is C23H27O. The van der Waals surface area contributed by atoms with Gasteiger partial charge in [-0.05, 0) is 65.0 Å². The fourth-order valence-corrected chi connectivity index (χ4v) is 4.57. The zero-order chi connectivity index (χ0) is 17.4. The molecule has 0 aliphatic heterocycles. The number of rotatable bonds is 2. The van der Waals surface area contributed by atoms with E-state index in [2.05, 4.69) is 45.9 Å². The van der Waals surface area contributed by atoms with Crippen LogP contribution in [0.1, 0.15) is 58.1 Å². The number of phenols is 1. The largest absolute Gasteiger partial charge is 0.508 e. The average molecular weight is 319 g/mol. The summed E-state index contributed by atoms with van der Waals surface area (Å²) in [5.41, 5.74) is 5.88. The Morgan fingerprint density at radius 1 is 0.833 bits per heavy atom. The van der Waals surface area contributed by atoms with E-state index < -0.39 is 0 Å². The first-order valence-corrected chi connectivity index (χ1v) is 8.74. The predicted octanol–water partition coefficient (Wildman–Crippen LogP) is 6.23. The molecule has 0 atom stereocenters. The topological polar surface area (TPSA) is 20.2 Å². The van der Waals surface area contributed by atoms with Crippen LogP contribution in [0.4, 0.5) is 0 Å². The van der Waals surface area contributed by atoms with Crippen LogP contribution in [0.5, 0.6) is 5.75 Å². The molecule has 2 aromatic carbocycles. The van der Waals surface area contributed by atoms with Gasteiger partial charge in [-0.25, -0.2) is 0 Å². The third-order valence-corrected chi connectivity index (χ3v) is 4.86. The molecule has 3 rings (SSSR count). The molecule has 1 radical (unpaired) electrons. The van der Waals surface area contributed by atoms with Gasteiger partial charge in [0.2, 0.25) is 0 Å². The average Bonchev–Trinajstić information content (AvgIpc) is 2.47. The first-order valence-electron chi connectivity index (χ1n) is 8.74. The Morgan fingerprint density at radius 2 is 1.33 bits per heavy atom. The summed E-state index contributed by atoms with van der Waals surface area (Å²) in [5, 5.41) is 9.66. The maximum atomic E-state index is 9.66. The maximum absolute atomic E-state index is 9.66. The van der Waals surface area contributed by atoms with Gasteiger partial charge in [-0.2, -0.15) is 0 Å². The third kappa shape index (κ3) is 3.72. The van der Waals surface area contributed by atoms with E-state index in [1.807, 2.05) is 24.3 Å². The molecule has 0 unspecified atom stereocenters. The van der Waals surface area contributed by atoms with Crippen molar-refractivity contribution >= 4 is 5.57 Å². The van der Waals surface area contributed by atoms with E-state index in [1.54, 1.807) is 12.1 Å². The summed E-state index contributed by atoms with van der Waals surface area (Å²) in [7, 11) is 0. The molecular weight excluding hydrogens is 292 g/mol. The molecule has 1 fully saturated rings. The predicted molar refractivity (Wildman–Crippen MR) is 101 cm³/mol. The van der Waals surface area contributed by atoms with Crippen molar-refractivity contribution in [3.05, 3.63) is 71.3 Å². The Balaban J connectivity index is 2.18. The molecule has 0 spiro atoms. The van der Waals surface area contributed by atoms with Crippen LogP contribution in [-0.4, -0.2) is 5.11 Å². The summed E-state index contributed by atoms with van der Waals surface area (Å²) in [6.45, 7) is 9.50. The Morgan fingerprint density at radius 3 is 1.88 bits per heavy atom. The minimum Gasteiger partial charge on any atom is -0.508 e. The lowest BCUT2D eigenvalue weighted by Crippen LogP contribution is -2.30. The van der Waals surface area contributed by atoms with Crippen molar-refractivity contribution in [2.24, 2.45) is 10.8 Å². The highest BCUT2D eigenvalue weighted by Gasteiger charge is 2.36. The smallest absolute Gasteiger partial charge is 0.115 e. The summed E-state index contributed by atoms with van der Waals surface area (Å²) in [4.78, 5) is 0. The Kier molecular flexibility index (Phi) is 4.29. The number of allylic oxidation sites excluding steroid dienone is 1. The second kappa shape index (κ2) is 6.12. The molecule has 24 heavy (non-hydrogen) atoms. The quantitative estimate of drug-likeness (QED) is 0.695. The van der Waals surface area contributed by atoms with Gasteiger partial charge in [-0.3, -0.25) is 0 Å². The SMILES string of the molecule is CC1(C)CC(=C(c2cc[c]cc2)c2ccc(O)cc2)CC(C)(C)C1. The summed E-state index contributed by atoms with van der Waals surface area (Å²) in [5.74, 6) is 0.314. The lowest BCUT2D eigenvalue weighted by atomic mass is 9.62. The van der Waals surface area contributed by atoms with Gasteiger partial charge in [0, 0.05) is 0 Å². The Bertz CT molecular complexity index is 715. The molecule has 1 saturated carbocycles. The highest BCUT2D eigenvalue weighted by Crippen LogP contribution is 2.50. The maximum Gasteiger partial charge on any atom is 0.115 e. The van der Waals surface area contributed by atoms with Crippen LogP contribution in [0.15, 0.2) is 54.1 Å². The van der Waals surface area contributed by atoms with Gasteiger partial charge in [0.25, 0.3) is 0 Å². The molecule has 0 amide bonds. The fourth-order valence-electron chi connectivity index (χ4n) is 4.57. The van der Waals surface area contributed by atoms with E-state index in [0.717, 1.165) is 12.8 Å². The standard InChI is InChI=1S/C23H27O/c1-22(2)14-19(15-23(3,4)16-22)21(17-8-6-5-7-9-17)18-10-12-20(24)13-11-18/h6-13,24H,14-16H2,1-4H3. The van der Waals surface area contributed by atoms with Crippen molar-refractivity contribution in [2.45, 2.75) is 47.0 Å². The third-order valence-electron chi connectivity index (χ3n) is 4.86. The molecule has 2 aromatic rings. The molecule has 1 nitrogen and oxygen atoms in total. The van der Waals surface area contributed by atoms with Crippen LogP contribution < -0.4 is 0 Å². The molecule has 0 bridgehead atoms. The highest BCUT2D eigenvalue weighted by atomic mass is 16.3. The number of hydrogen-bond donors (Lipinski definition) is 1. The van der Waals surface area contributed by atoms with Crippen molar-refractivity contribution in [3.8, 4) is 5.75 Å². The molecule has 1 heteroatoms. The monoisotopic (exact) mass is 319 g/mol. The van der Waals surface area contributed by atoms with E-state index in [4.69, 9.17) is 0 Å². The molecule has 0 saturated heterocycles. The van der Waals surface area contributed by atoms with Crippen LogP contribution in [0.3, 0.4) is 0 Å². The molecule has 1 N–H and O–H groups in total. The summed E-state index contributed by atoms with van der Waals surface area (Å²) in [6.07, 6.45) is 3.48. The van der Waals surface area contributed by atoms with Gasteiger partial charge >= 0.3 is 0 Å². The Hall–Kier alpha value is -2.02. The van der Waals surface area contributed by atoms with Gasteiger partial charge in [0.1, 0.15) is 5.75 Å². The van der Waals surface area contributed by atoms with Gasteiger partial charge in [0.15, 0.2) is 0 Å². The molecule has 1 aliphatic carbocycles. The molecule has 0 aromatic heterocycles. The molecule has 1 aliphatic rings. The van der Waals surface area contributed by atoms with E-state index in [9.17, 15) is 5.11 Å². The van der Waals surface area contributed by atoms with Crippen LogP contribution in [0, 0.1) is 16.9 Å². The van der Waals surface area contributed by atoms with Gasteiger partial charge in [-0.1, -0.05) is 69.7 Å². The lowest BCUT2D eigenvalue weighted by Gasteiger charge is -2.43. The van der Waals surface area contributed by atoms with E-state index >= 15 is 0 Å². The van der Waals surface area contributed by atoms with Gasteiger partial charge in [0.05, 0.1) is 0 Å². The second-order valence-corrected chi connectivity index (χ2v) is 8.67. The van der Waals surface area contributed by atoms with E-state index in [1.165, 1.54) is 28.7 Å². The van der Waals surface area contributed by atoms with Gasteiger partial charge in [-0.15, -0.1) is 0 Å². The van der Waals surface area contributed by atoms with Crippen molar-refractivity contribution in [3.63, 3.8) is 0 Å². The number of benzene rings is 2. The van der Waals surface area contributed by atoms with Crippen molar-refractivity contribution in [1.82, 2.24) is 0 Å². The minimum absolute atomic E-state index is 0.306. The van der Waals surface area contributed by atoms with Crippen molar-refractivity contribution in [2.75, 3.05) is 0 Å². The first kappa shape index (κ1) is 16.8. The normalized spacial score (nSPS) is 19.1. The molecule has 125 valence electrons. The summed E-state index contributed by atoms with van der Waals surface area (Å²) < 4.78 is 0. The first-order chi connectivity index (χ1) is 11.3. The van der Waals surface area contributed by atoms with Crippen LogP contribution >= 0.6 is 0 Å². The van der Waals surface area contributed by atoms with Crippen LogP contribution in [0.2, 0.25) is 0 Å². The Labute approximate surface area is 146 Å². The lowest BCUT2D eigenvalue weighted by molar-refractivity contribution is 0.154. The number of phenolic OH excluding ortho intramolecular Hbond substituents is 1. The minimum atomic E-state index is 0.306. The highest BCUT2D eigenvalue weighted by molar-refractivity contribution is 5.82. The van der Waals surface area contributed by atoms with Crippen molar-refractivity contribution in [1.29, 1.82) is 0 Å². The van der Waals surface area contributed by atoms with Crippen LogP contribution in [-0.2, 0) is 0 Å². The second-order valence-electron chi connectivity index (χ2n) is 8.67. The van der Waals surface area contributed by atoms with Gasteiger partial charge < -0.3 is 5.11 Å². The molecule has 0 heterocycles. The van der Waals surface area contributed by atoms with E-state index in [-0.39, 0.29) is 0 Å². The van der Waals surface area contributed by atoms with Crippen LogP contribution in [0.25, 0.3) is 5.57 Å². The number of hydrogen-bond acceptors (Lipinski definition) is 1. The zero-order valence-corrected chi connectivity index (χ0v) is 15.2.